The van der Waals surface area contributed by atoms with Gasteiger partial charge in [0, 0.05) is 23.2 Å². The number of ether oxygens (including phenoxy) is 1. The Labute approximate surface area is 156 Å². The summed E-state index contributed by atoms with van der Waals surface area (Å²) in [4.78, 5) is 13.0. The Morgan fingerprint density at radius 3 is 2.64 bits per heavy atom. The summed E-state index contributed by atoms with van der Waals surface area (Å²) in [6.07, 6.45) is 5.00. The van der Waals surface area contributed by atoms with Crippen LogP contribution in [0.3, 0.4) is 0 Å². The molecule has 0 spiro atoms. The van der Waals surface area contributed by atoms with E-state index in [9.17, 15) is 4.79 Å². The van der Waals surface area contributed by atoms with Gasteiger partial charge in [0.2, 0.25) is 0 Å². The molecule has 4 rings (SSSR count). The van der Waals surface area contributed by atoms with Crippen LogP contribution in [0.15, 0.2) is 46.9 Å². The highest BCUT2D eigenvalue weighted by Crippen LogP contribution is 2.34. The van der Waals surface area contributed by atoms with Crippen molar-refractivity contribution in [2.24, 2.45) is 0 Å². The monoisotopic (exact) mass is 399 g/mol. The minimum Gasteiger partial charge on any atom is -0.381 e. The van der Waals surface area contributed by atoms with Crippen molar-refractivity contribution in [3.63, 3.8) is 0 Å². The summed E-state index contributed by atoms with van der Waals surface area (Å²) in [5.41, 5.74) is 4.26. The Bertz CT molecular complexity index is 796. The lowest BCUT2D eigenvalue weighted by Crippen LogP contribution is -2.49. The minimum absolute atomic E-state index is 0.0107. The molecule has 0 atom stereocenters. The number of carbonyl (C=O) groups is 1. The molecule has 0 saturated carbocycles. The number of fused-ring (bicyclic) bond motifs is 1. The molecule has 0 aromatic heterocycles. The van der Waals surface area contributed by atoms with Gasteiger partial charge >= 0.3 is 0 Å². The lowest BCUT2D eigenvalue weighted by molar-refractivity contribution is 0.0345. The van der Waals surface area contributed by atoms with E-state index in [1.54, 1.807) is 0 Å². The second-order valence-electron chi connectivity index (χ2n) is 7.00. The maximum Gasteiger partial charge on any atom is 0.251 e. The number of rotatable bonds is 3. The zero-order valence-corrected chi connectivity index (χ0v) is 15.8. The molecule has 2 aliphatic rings. The molecule has 130 valence electrons. The summed E-state index contributed by atoms with van der Waals surface area (Å²) in [5.74, 6) is 0.0107. The Morgan fingerprint density at radius 1 is 1.04 bits per heavy atom. The topological polar surface area (TPSA) is 38.3 Å². The molecule has 1 aliphatic carbocycles. The lowest BCUT2D eigenvalue weighted by atomic mass is 9.82. The summed E-state index contributed by atoms with van der Waals surface area (Å²) in [6, 6.07) is 14.4. The van der Waals surface area contributed by atoms with E-state index in [1.807, 2.05) is 18.2 Å². The molecule has 4 heteroatoms. The van der Waals surface area contributed by atoms with Crippen molar-refractivity contribution in [2.75, 3.05) is 13.2 Å². The first-order chi connectivity index (χ1) is 12.2. The van der Waals surface area contributed by atoms with Crippen LogP contribution in [0.4, 0.5) is 0 Å². The molecular weight excluding hydrogens is 378 g/mol. The summed E-state index contributed by atoms with van der Waals surface area (Å²) in [5, 5.41) is 3.34. The van der Waals surface area contributed by atoms with Crippen molar-refractivity contribution >= 4 is 21.8 Å². The third kappa shape index (κ3) is 3.38. The van der Waals surface area contributed by atoms with Crippen molar-refractivity contribution in [3.05, 3.63) is 69.2 Å². The van der Waals surface area contributed by atoms with Crippen LogP contribution >= 0.6 is 15.9 Å². The fourth-order valence-electron chi connectivity index (χ4n) is 3.99. The highest BCUT2D eigenvalue weighted by Gasteiger charge is 2.36. The van der Waals surface area contributed by atoms with Crippen molar-refractivity contribution in [1.82, 2.24) is 5.32 Å². The van der Waals surface area contributed by atoms with Gasteiger partial charge in [-0.2, -0.15) is 0 Å². The smallest absolute Gasteiger partial charge is 0.251 e. The van der Waals surface area contributed by atoms with Gasteiger partial charge in [0.1, 0.15) is 0 Å². The third-order valence-corrected chi connectivity index (χ3v) is 5.93. The number of halogens is 1. The van der Waals surface area contributed by atoms with Crippen LogP contribution in [-0.4, -0.2) is 19.1 Å². The van der Waals surface area contributed by atoms with Crippen molar-refractivity contribution in [1.29, 1.82) is 0 Å². The maximum absolute atomic E-state index is 13.0. The number of benzene rings is 2. The Hall–Kier alpha value is -1.65. The van der Waals surface area contributed by atoms with E-state index in [0.29, 0.717) is 13.2 Å². The number of aryl methyl sites for hydroxylation is 2. The predicted octanol–water partition coefficient (Wildman–Crippen LogP) is 4.37. The van der Waals surface area contributed by atoms with Gasteiger partial charge in [0.15, 0.2) is 0 Å². The van der Waals surface area contributed by atoms with Crippen LogP contribution in [-0.2, 0) is 23.1 Å². The number of carbonyl (C=O) groups excluding carboxylic acids is 1. The molecule has 1 aliphatic heterocycles. The number of hydrogen-bond acceptors (Lipinski definition) is 2. The van der Waals surface area contributed by atoms with E-state index in [0.717, 1.165) is 41.3 Å². The second-order valence-corrected chi connectivity index (χ2v) is 7.91. The molecule has 1 N–H and O–H groups in total. The van der Waals surface area contributed by atoms with Crippen molar-refractivity contribution in [3.8, 4) is 0 Å². The zero-order chi connectivity index (χ0) is 17.3. The van der Waals surface area contributed by atoms with E-state index in [-0.39, 0.29) is 11.4 Å². The zero-order valence-electron chi connectivity index (χ0n) is 14.2. The lowest BCUT2D eigenvalue weighted by Gasteiger charge is -2.38. The van der Waals surface area contributed by atoms with Crippen LogP contribution in [0.5, 0.6) is 0 Å². The summed E-state index contributed by atoms with van der Waals surface area (Å²) in [6.45, 7) is 1.33. The molecule has 1 heterocycles. The van der Waals surface area contributed by atoms with Gasteiger partial charge in [-0.05, 0) is 73.1 Å². The van der Waals surface area contributed by atoms with Gasteiger partial charge < -0.3 is 10.1 Å². The van der Waals surface area contributed by atoms with Gasteiger partial charge in [-0.1, -0.05) is 34.1 Å². The maximum atomic E-state index is 13.0. The van der Waals surface area contributed by atoms with Gasteiger partial charge in [-0.3, -0.25) is 4.79 Å². The minimum atomic E-state index is -0.363. The number of amides is 1. The molecule has 1 amide bonds. The Kier molecular flexibility index (Phi) is 4.65. The average Bonchev–Trinajstić information content (AvgIpc) is 3.10. The number of nitrogens with one attached hydrogen (secondary N) is 1. The summed E-state index contributed by atoms with van der Waals surface area (Å²) < 4.78 is 6.59. The van der Waals surface area contributed by atoms with Gasteiger partial charge in [0.25, 0.3) is 5.91 Å². The average molecular weight is 400 g/mol. The SMILES string of the molecule is O=C(NC1(c2cccc(Br)c2)CCOCC1)c1ccc2c(c1)CCC2. The van der Waals surface area contributed by atoms with Crippen molar-refractivity contribution < 1.29 is 9.53 Å². The van der Waals surface area contributed by atoms with E-state index in [1.165, 1.54) is 17.5 Å². The third-order valence-electron chi connectivity index (χ3n) is 5.44. The van der Waals surface area contributed by atoms with Crippen molar-refractivity contribution in [2.45, 2.75) is 37.6 Å². The molecule has 2 aromatic carbocycles. The number of hydrogen-bond donors (Lipinski definition) is 1. The standard InChI is InChI=1S/C21H22BrNO2/c22-19-6-2-5-18(14-19)21(9-11-25-12-10-21)23-20(24)17-8-7-15-3-1-4-16(15)13-17/h2,5-8,13-14H,1,3-4,9-12H2,(H,23,24). The largest absolute Gasteiger partial charge is 0.381 e. The fraction of sp³-hybridized carbons (Fsp3) is 0.381. The molecule has 0 radical (unpaired) electrons. The van der Waals surface area contributed by atoms with E-state index in [2.05, 4.69) is 45.5 Å². The first kappa shape index (κ1) is 16.8. The molecular formula is C21H22BrNO2. The molecule has 3 nitrogen and oxygen atoms in total. The van der Waals surface area contributed by atoms with Crippen LogP contribution < -0.4 is 5.32 Å². The highest BCUT2D eigenvalue weighted by atomic mass is 79.9. The predicted molar refractivity (Wildman–Crippen MR) is 102 cm³/mol. The van der Waals surface area contributed by atoms with E-state index >= 15 is 0 Å². The second kappa shape index (κ2) is 6.93. The summed E-state index contributed by atoms with van der Waals surface area (Å²) in [7, 11) is 0. The quantitative estimate of drug-likeness (QED) is 0.831. The first-order valence-corrected chi connectivity index (χ1v) is 9.74. The molecule has 1 saturated heterocycles. The van der Waals surface area contributed by atoms with Gasteiger partial charge in [0.05, 0.1) is 5.54 Å². The molecule has 2 aromatic rings. The molecule has 1 fully saturated rings. The normalized spacial score (nSPS) is 18.6. The molecule has 0 unspecified atom stereocenters. The van der Waals surface area contributed by atoms with Crippen LogP contribution in [0.2, 0.25) is 0 Å². The van der Waals surface area contributed by atoms with Gasteiger partial charge in [-0.25, -0.2) is 0 Å². The molecule has 25 heavy (non-hydrogen) atoms. The highest BCUT2D eigenvalue weighted by molar-refractivity contribution is 9.10. The van der Waals surface area contributed by atoms with Gasteiger partial charge in [-0.15, -0.1) is 0 Å². The van der Waals surface area contributed by atoms with Crippen LogP contribution in [0, 0.1) is 0 Å². The van der Waals surface area contributed by atoms with Crippen LogP contribution in [0.25, 0.3) is 0 Å². The van der Waals surface area contributed by atoms with E-state index in [4.69, 9.17) is 4.74 Å². The molecule has 0 bridgehead atoms. The summed E-state index contributed by atoms with van der Waals surface area (Å²) >= 11 is 3.55. The first-order valence-electron chi connectivity index (χ1n) is 8.94. The van der Waals surface area contributed by atoms with Crippen LogP contribution in [0.1, 0.15) is 46.3 Å². The Balaban J connectivity index is 1.63. The Morgan fingerprint density at radius 2 is 1.84 bits per heavy atom. The fourth-order valence-corrected chi connectivity index (χ4v) is 4.39. The van der Waals surface area contributed by atoms with E-state index < -0.39 is 0 Å².